The Morgan fingerprint density at radius 2 is 1.79 bits per heavy atom. The molecule has 29 heavy (non-hydrogen) atoms. The van der Waals surface area contributed by atoms with Crippen LogP contribution in [0.1, 0.15) is 39.5 Å². The van der Waals surface area contributed by atoms with Gasteiger partial charge in [0.15, 0.2) is 5.96 Å². The number of nitrogens with zero attached hydrogens (tertiary/aromatic N) is 3. The van der Waals surface area contributed by atoms with Gasteiger partial charge in [0.25, 0.3) is 0 Å². The third kappa shape index (κ3) is 7.39. The molecule has 0 radical (unpaired) electrons. The van der Waals surface area contributed by atoms with Gasteiger partial charge in [0.05, 0.1) is 0 Å². The first-order valence-corrected chi connectivity index (χ1v) is 11.3. The molecule has 172 valence electrons. The van der Waals surface area contributed by atoms with Crippen LogP contribution in [0.15, 0.2) is 4.99 Å². The quantitative estimate of drug-likeness (QED) is 0.299. The number of alkyl halides is 3. The summed E-state index contributed by atoms with van der Waals surface area (Å²) in [7, 11) is -3.59. The zero-order valence-corrected chi connectivity index (χ0v) is 20.4. The molecule has 2 N–H and O–H groups in total. The summed E-state index contributed by atoms with van der Waals surface area (Å²) in [6, 6.07) is 0.334. The third-order valence-corrected chi connectivity index (χ3v) is 6.88. The maximum atomic E-state index is 12.7. The molecule has 2 aliphatic heterocycles. The highest BCUT2D eigenvalue weighted by molar-refractivity contribution is 14.0. The summed E-state index contributed by atoms with van der Waals surface area (Å²) in [4.78, 5) is 6.68. The zero-order valence-electron chi connectivity index (χ0n) is 17.2. The number of nitrogens with one attached hydrogen (secondary N) is 2. The zero-order chi connectivity index (χ0) is 20.9. The van der Waals surface area contributed by atoms with Gasteiger partial charge in [0, 0.05) is 45.3 Å². The fraction of sp³-hybridized carbons (Fsp3) is 0.941. The lowest BCUT2D eigenvalue weighted by Gasteiger charge is -2.33. The highest BCUT2D eigenvalue weighted by Gasteiger charge is 2.50. The van der Waals surface area contributed by atoms with E-state index in [1.54, 1.807) is 7.05 Å². The molecule has 0 aromatic carbocycles. The summed E-state index contributed by atoms with van der Waals surface area (Å²) in [6.45, 7) is 7.02. The number of rotatable bonds is 6. The molecule has 0 unspecified atom stereocenters. The lowest BCUT2D eigenvalue weighted by molar-refractivity contribution is -0.0494. The average molecular weight is 555 g/mol. The Morgan fingerprint density at radius 1 is 1.17 bits per heavy atom. The molecule has 0 amide bonds. The van der Waals surface area contributed by atoms with Gasteiger partial charge in [-0.25, -0.2) is 8.42 Å². The van der Waals surface area contributed by atoms with E-state index < -0.39 is 15.5 Å². The summed E-state index contributed by atoms with van der Waals surface area (Å²) in [5, 5.41) is 6.53. The van der Waals surface area contributed by atoms with Crippen LogP contribution < -0.4 is 10.6 Å². The van der Waals surface area contributed by atoms with E-state index in [-0.39, 0.29) is 43.1 Å². The predicted octanol–water partition coefficient (Wildman–Crippen LogP) is 2.20. The summed E-state index contributed by atoms with van der Waals surface area (Å²) >= 11 is 0. The van der Waals surface area contributed by atoms with Crippen molar-refractivity contribution in [2.45, 2.75) is 57.1 Å². The van der Waals surface area contributed by atoms with Gasteiger partial charge in [-0.1, -0.05) is 13.8 Å². The highest BCUT2D eigenvalue weighted by Crippen LogP contribution is 2.29. The molecule has 2 heterocycles. The lowest BCUT2D eigenvalue weighted by atomic mass is 10.1. The van der Waals surface area contributed by atoms with E-state index in [9.17, 15) is 21.6 Å². The van der Waals surface area contributed by atoms with Gasteiger partial charge in [-0.3, -0.25) is 9.89 Å². The fourth-order valence-corrected chi connectivity index (χ4v) is 4.81. The number of hydrogen-bond donors (Lipinski definition) is 2. The lowest BCUT2D eigenvalue weighted by Crippen LogP contribution is -2.53. The monoisotopic (exact) mass is 555 g/mol. The molecule has 12 heteroatoms. The van der Waals surface area contributed by atoms with Crippen LogP contribution in [-0.4, -0.2) is 80.9 Å². The van der Waals surface area contributed by atoms with Crippen molar-refractivity contribution < 1.29 is 21.6 Å². The van der Waals surface area contributed by atoms with E-state index in [0.717, 1.165) is 26.1 Å². The summed E-state index contributed by atoms with van der Waals surface area (Å²) in [6.07, 6.45) is 2.92. The molecule has 0 aromatic rings. The minimum Gasteiger partial charge on any atom is -0.355 e. The van der Waals surface area contributed by atoms with Gasteiger partial charge >= 0.3 is 15.5 Å². The average Bonchev–Trinajstić information content (AvgIpc) is 3.04. The second-order valence-corrected chi connectivity index (χ2v) is 9.84. The van der Waals surface area contributed by atoms with E-state index in [1.165, 1.54) is 6.42 Å². The molecule has 0 aliphatic carbocycles. The molecule has 0 saturated carbocycles. The van der Waals surface area contributed by atoms with Crippen molar-refractivity contribution in [3.8, 4) is 0 Å². The van der Waals surface area contributed by atoms with Crippen molar-refractivity contribution in [3.05, 3.63) is 0 Å². The Labute approximate surface area is 188 Å². The second-order valence-electron chi connectivity index (χ2n) is 7.91. The van der Waals surface area contributed by atoms with Crippen molar-refractivity contribution >= 4 is 40.0 Å². The normalized spacial score (nSPS) is 23.3. The molecule has 7 nitrogen and oxygen atoms in total. The van der Waals surface area contributed by atoms with Crippen LogP contribution in [0, 0.1) is 5.92 Å². The Hall–Kier alpha value is -0.340. The van der Waals surface area contributed by atoms with Gasteiger partial charge in [-0.05, 0) is 38.1 Å². The van der Waals surface area contributed by atoms with Crippen LogP contribution in [0.25, 0.3) is 0 Å². The molecular weight excluding hydrogens is 522 g/mol. The van der Waals surface area contributed by atoms with Crippen LogP contribution in [0.3, 0.4) is 0 Å². The Balaban J connectivity index is 0.00000420. The molecule has 2 aliphatic rings. The van der Waals surface area contributed by atoms with Crippen LogP contribution in [0.5, 0.6) is 0 Å². The summed E-state index contributed by atoms with van der Waals surface area (Å²) < 4.78 is 61.5. The first-order valence-electron chi connectivity index (χ1n) is 9.82. The topological polar surface area (TPSA) is 77.0 Å². The van der Waals surface area contributed by atoms with Crippen LogP contribution in [0.4, 0.5) is 13.2 Å². The number of likely N-dealkylation sites (tertiary alicyclic amines) is 1. The van der Waals surface area contributed by atoms with Crippen molar-refractivity contribution in [2.75, 3.05) is 39.8 Å². The summed E-state index contributed by atoms with van der Waals surface area (Å²) in [5.74, 6) is 1.21. The molecule has 0 aromatic heterocycles. The molecule has 2 saturated heterocycles. The number of aliphatic imine (C=N–C) groups is 1. The molecule has 2 rings (SSSR count). The minimum atomic E-state index is -5.24. The predicted molar refractivity (Wildman–Crippen MR) is 119 cm³/mol. The van der Waals surface area contributed by atoms with Gasteiger partial charge in [0.1, 0.15) is 0 Å². The van der Waals surface area contributed by atoms with Crippen molar-refractivity contribution in [1.29, 1.82) is 0 Å². The van der Waals surface area contributed by atoms with Crippen LogP contribution >= 0.6 is 24.0 Å². The molecule has 2 fully saturated rings. The van der Waals surface area contributed by atoms with Crippen molar-refractivity contribution in [1.82, 2.24) is 19.8 Å². The first kappa shape index (κ1) is 26.7. The van der Waals surface area contributed by atoms with Crippen molar-refractivity contribution in [3.63, 3.8) is 0 Å². The highest BCUT2D eigenvalue weighted by atomic mass is 127. The smallest absolute Gasteiger partial charge is 0.355 e. The van der Waals surface area contributed by atoms with E-state index in [2.05, 4.69) is 34.4 Å². The van der Waals surface area contributed by atoms with Crippen LogP contribution in [-0.2, 0) is 10.0 Å². The number of halogens is 4. The van der Waals surface area contributed by atoms with Gasteiger partial charge < -0.3 is 10.6 Å². The fourth-order valence-electron chi connectivity index (χ4n) is 3.83. The van der Waals surface area contributed by atoms with E-state index in [1.807, 2.05) is 0 Å². The number of guanidine groups is 1. The van der Waals surface area contributed by atoms with Gasteiger partial charge in [0.2, 0.25) is 0 Å². The Kier molecular flexibility index (Phi) is 10.4. The van der Waals surface area contributed by atoms with Gasteiger partial charge in [-0.2, -0.15) is 17.5 Å². The molecule has 1 atom stereocenters. The first-order chi connectivity index (χ1) is 13.0. The maximum Gasteiger partial charge on any atom is 0.511 e. The standard InChI is InChI=1S/C17H32F3N5O2S.HI/c1-13(2)12-24-8-4-5-15(24)11-22-16(21-3)23-14-6-9-25(10-7-14)28(26,27)17(18,19)20;/h13-15H,4-12H2,1-3H3,(H2,21,22,23);1H/t15-;/m1./s1. The third-order valence-electron chi connectivity index (χ3n) is 5.25. The number of piperidine rings is 1. The van der Waals surface area contributed by atoms with Gasteiger partial charge in [-0.15, -0.1) is 24.0 Å². The second kappa shape index (κ2) is 11.3. The molecule has 0 spiro atoms. The van der Waals surface area contributed by atoms with E-state index >= 15 is 0 Å². The largest absolute Gasteiger partial charge is 0.511 e. The SMILES string of the molecule is CN=C(NC[C@H]1CCCN1CC(C)C)NC1CCN(S(=O)(=O)C(F)(F)F)CC1.I. The van der Waals surface area contributed by atoms with E-state index in [4.69, 9.17) is 0 Å². The Morgan fingerprint density at radius 3 is 2.31 bits per heavy atom. The molecule has 0 bridgehead atoms. The Bertz CT molecular complexity index is 637. The van der Waals surface area contributed by atoms with Crippen LogP contribution in [0.2, 0.25) is 0 Å². The van der Waals surface area contributed by atoms with E-state index in [0.29, 0.717) is 35.1 Å². The maximum absolute atomic E-state index is 12.7. The van der Waals surface area contributed by atoms with Crippen molar-refractivity contribution in [2.24, 2.45) is 10.9 Å². The number of sulfonamides is 1. The summed E-state index contributed by atoms with van der Waals surface area (Å²) in [5.41, 5.74) is -5.24. The number of hydrogen-bond acceptors (Lipinski definition) is 4. The minimum absolute atomic E-state index is 0. The molecular formula is C17H33F3IN5O2S.